The van der Waals surface area contributed by atoms with Gasteiger partial charge in [0.15, 0.2) is 15.8 Å². The maximum atomic E-state index is 12.2. The second kappa shape index (κ2) is 13.3. The summed E-state index contributed by atoms with van der Waals surface area (Å²) in [6.07, 6.45) is 7.61. The summed E-state index contributed by atoms with van der Waals surface area (Å²) in [5.41, 5.74) is 0. The Hall–Kier alpha value is -0.870. The van der Waals surface area contributed by atoms with Gasteiger partial charge >= 0.3 is 0 Å². The van der Waals surface area contributed by atoms with Crippen LogP contribution in [0.15, 0.2) is 40.2 Å². The first-order chi connectivity index (χ1) is 12.6. The highest BCUT2D eigenvalue weighted by molar-refractivity contribution is 14.0. The van der Waals surface area contributed by atoms with Gasteiger partial charge in [-0.15, -0.1) is 24.0 Å². The SMILES string of the molecule is CN=C(NCCCOC1CCCCC1)NCCS(=O)(=O)c1ccccc1.I. The Morgan fingerprint density at radius 1 is 1.11 bits per heavy atom. The Morgan fingerprint density at radius 2 is 1.78 bits per heavy atom. The summed E-state index contributed by atoms with van der Waals surface area (Å²) in [4.78, 5) is 4.48. The number of ether oxygens (including phenoxy) is 1. The third-order valence-electron chi connectivity index (χ3n) is 4.51. The largest absolute Gasteiger partial charge is 0.378 e. The average molecular weight is 509 g/mol. The highest BCUT2D eigenvalue weighted by Crippen LogP contribution is 2.20. The fourth-order valence-corrected chi connectivity index (χ4v) is 4.21. The molecule has 6 nitrogen and oxygen atoms in total. The fourth-order valence-electron chi connectivity index (χ4n) is 3.03. The molecule has 154 valence electrons. The van der Waals surface area contributed by atoms with Gasteiger partial charge in [0.05, 0.1) is 16.8 Å². The summed E-state index contributed by atoms with van der Waals surface area (Å²) >= 11 is 0. The zero-order valence-electron chi connectivity index (χ0n) is 16.0. The molecular weight excluding hydrogens is 477 g/mol. The molecule has 0 amide bonds. The molecular formula is C19H32IN3O3S. The van der Waals surface area contributed by atoms with Gasteiger partial charge in [-0.3, -0.25) is 4.99 Å². The number of hydrogen-bond acceptors (Lipinski definition) is 4. The van der Waals surface area contributed by atoms with Gasteiger partial charge in [0.25, 0.3) is 0 Å². The van der Waals surface area contributed by atoms with Crippen LogP contribution in [0.2, 0.25) is 0 Å². The lowest BCUT2D eigenvalue weighted by molar-refractivity contribution is 0.0277. The van der Waals surface area contributed by atoms with Crippen molar-refractivity contribution in [2.45, 2.75) is 49.5 Å². The lowest BCUT2D eigenvalue weighted by Crippen LogP contribution is -2.40. The molecule has 0 bridgehead atoms. The number of guanidine groups is 1. The van der Waals surface area contributed by atoms with Crippen LogP contribution in [0.3, 0.4) is 0 Å². The average Bonchev–Trinajstić information content (AvgIpc) is 2.68. The van der Waals surface area contributed by atoms with Crippen molar-refractivity contribution in [3.63, 3.8) is 0 Å². The van der Waals surface area contributed by atoms with Crippen LogP contribution in [-0.4, -0.2) is 53.0 Å². The van der Waals surface area contributed by atoms with Crippen LogP contribution in [0.4, 0.5) is 0 Å². The quantitative estimate of drug-likeness (QED) is 0.232. The molecule has 2 N–H and O–H groups in total. The van der Waals surface area contributed by atoms with E-state index in [1.54, 1.807) is 37.4 Å². The Kier molecular flexibility index (Phi) is 11.9. The summed E-state index contributed by atoms with van der Waals surface area (Å²) in [5, 5.41) is 6.25. The van der Waals surface area contributed by atoms with E-state index in [9.17, 15) is 8.42 Å². The van der Waals surface area contributed by atoms with Crippen LogP contribution in [0.5, 0.6) is 0 Å². The van der Waals surface area contributed by atoms with Crippen LogP contribution in [-0.2, 0) is 14.6 Å². The monoisotopic (exact) mass is 509 g/mol. The van der Waals surface area contributed by atoms with Crippen LogP contribution in [0.1, 0.15) is 38.5 Å². The number of halogens is 1. The van der Waals surface area contributed by atoms with Crippen LogP contribution in [0.25, 0.3) is 0 Å². The van der Waals surface area contributed by atoms with E-state index < -0.39 is 9.84 Å². The summed E-state index contributed by atoms with van der Waals surface area (Å²) in [6, 6.07) is 8.51. The maximum absolute atomic E-state index is 12.2. The lowest BCUT2D eigenvalue weighted by Gasteiger charge is -2.22. The molecule has 0 saturated heterocycles. The smallest absolute Gasteiger partial charge is 0.191 e. The molecule has 0 atom stereocenters. The van der Waals surface area contributed by atoms with Crippen molar-refractivity contribution in [1.29, 1.82) is 0 Å². The van der Waals surface area contributed by atoms with E-state index in [1.165, 1.54) is 32.1 Å². The minimum absolute atomic E-state index is 0. The second-order valence-corrected chi connectivity index (χ2v) is 8.65. The lowest BCUT2D eigenvalue weighted by atomic mass is 9.98. The molecule has 1 aliphatic rings. The van der Waals surface area contributed by atoms with E-state index in [0.29, 0.717) is 23.5 Å². The van der Waals surface area contributed by atoms with E-state index in [4.69, 9.17) is 4.74 Å². The standard InChI is InChI=1S/C19H31N3O3S.HI/c1-20-19(21-13-8-15-25-17-9-4-2-5-10-17)22-14-16-26(23,24)18-11-6-3-7-12-18;/h3,6-7,11-12,17H,2,4-5,8-10,13-16H2,1H3,(H2,20,21,22);1H. The molecule has 1 aromatic carbocycles. The van der Waals surface area contributed by atoms with E-state index >= 15 is 0 Å². The van der Waals surface area contributed by atoms with Crippen molar-refractivity contribution in [2.75, 3.05) is 32.5 Å². The molecule has 0 heterocycles. The van der Waals surface area contributed by atoms with Crippen molar-refractivity contribution in [1.82, 2.24) is 10.6 Å². The molecule has 2 rings (SSSR count). The predicted molar refractivity (Wildman–Crippen MR) is 121 cm³/mol. The normalized spacial score (nSPS) is 15.8. The Morgan fingerprint density at radius 3 is 2.44 bits per heavy atom. The first kappa shape index (κ1) is 24.2. The van der Waals surface area contributed by atoms with Gasteiger partial charge in [-0.2, -0.15) is 0 Å². The molecule has 0 aliphatic heterocycles. The van der Waals surface area contributed by atoms with Crippen molar-refractivity contribution >= 4 is 39.8 Å². The van der Waals surface area contributed by atoms with Gasteiger partial charge < -0.3 is 15.4 Å². The van der Waals surface area contributed by atoms with E-state index in [-0.39, 0.29) is 29.7 Å². The van der Waals surface area contributed by atoms with Gasteiger partial charge in [0.2, 0.25) is 0 Å². The first-order valence-electron chi connectivity index (χ1n) is 9.46. The van der Waals surface area contributed by atoms with E-state index in [1.807, 2.05) is 0 Å². The van der Waals surface area contributed by atoms with Crippen LogP contribution >= 0.6 is 24.0 Å². The molecule has 1 aromatic rings. The number of nitrogens with one attached hydrogen (secondary N) is 2. The van der Waals surface area contributed by atoms with Gasteiger partial charge in [-0.05, 0) is 31.4 Å². The van der Waals surface area contributed by atoms with Crippen LogP contribution < -0.4 is 10.6 Å². The Balaban J connectivity index is 0.00000364. The predicted octanol–water partition coefficient (Wildman–Crippen LogP) is 2.98. The number of rotatable bonds is 9. The molecule has 0 unspecified atom stereocenters. The third-order valence-corrected chi connectivity index (χ3v) is 6.24. The summed E-state index contributed by atoms with van der Waals surface area (Å²) in [5.74, 6) is 0.647. The summed E-state index contributed by atoms with van der Waals surface area (Å²) < 4.78 is 30.4. The zero-order valence-corrected chi connectivity index (χ0v) is 19.2. The minimum atomic E-state index is -3.27. The summed E-state index contributed by atoms with van der Waals surface area (Å²) in [6.45, 7) is 1.81. The molecule has 0 radical (unpaired) electrons. The van der Waals surface area contributed by atoms with Gasteiger partial charge in [0.1, 0.15) is 0 Å². The van der Waals surface area contributed by atoms with Crippen molar-refractivity contribution in [3.05, 3.63) is 30.3 Å². The highest BCUT2D eigenvalue weighted by atomic mass is 127. The Labute approximate surface area is 180 Å². The molecule has 27 heavy (non-hydrogen) atoms. The molecule has 1 aliphatic carbocycles. The van der Waals surface area contributed by atoms with Crippen LogP contribution in [0, 0.1) is 0 Å². The van der Waals surface area contributed by atoms with Crippen molar-refractivity contribution < 1.29 is 13.2 Å². The zero-order chi connectivity index (χ0) is 18.7. The number of nitrogens with zero attached hydrogens (tertiary/aromatic N) is 1. The van der Waals surface area contributed by atoms with Gasteiger partial charge in [-0.25, -0.2) is 8.42 Å². The number of aliphatic imine (C=N–C) groups is 1. The number of benzene rings is 1. The summed E-state index contributed by atoms with van der Waals surface area (Å²) in [7, 11) is -1.59. The number of sulfone groups is 1. The molecule has 0 spiro atoms. The topological polar surface area (TPSA) is 79.8 Å². The van der Waals surface area contributed by atoms with Gasteiger partial charge in [-0.1, -0.05) is 37.5 Å². The third kappa shape index (κ3) is 9.25. The Bertz CT molecular complexity index is 647. The van der Waals surface area contributed by atoms with E-state index in [2.05, 4.69) is 15.6 Å². The molecule has 8 heteroatoms. The molecule has 1 fully saturated rings. The first-order valence-corrected chi connectivity index (χ1v) is 11.1. The number of hydrogen-bond donors (Lipinski definition) is 2. The maximum Gasteiger partial charge on any atom is 0.191 e. The fraction of sp³-hybridized carbons (Fsp3) is 0.632. The minimum Gasteiger partial charge on any atom is -0.378 e. The van der Waals surface area contributed by atoms with E-state index in [0.717, 1.165) is 19.6 Å². The van der Waals surface area contributed by atoms with Crippen molar-refractivity contribution in [2.24, 2.45) is 4.99 Å². The second-order valence-electron chi connectivity index (χ2n) is 6.54. The molecule has 1 saturated carbocycles. The van der Waals surface area contributed by atoms with Crippen molar-refractivity contribution in [3.8, 4) is 0 Å². The molecule has 0 aromatic heterocycles. The van der Waals surface area contributed by atoms with Gasteiger partial charge in [0, 0.05) is 26.7 Å². The highest BCUT2D eigenvalue weighted by Gasteiger charge is 2.14.